The second-order valence-electron chi connectivity index (χ2n) is 5.29. The number of hydrogen-bond donors (Lipinski definition) is 0. The number of allylic oxidation sites excluding steroid dienone is 6. The van der Waals surface area contributed by atoms with Crippen LogP contribution in [0.15, 0.2) is 78.1 Å². The first kappa shape index (κ1) is 12.2. The minimum Gasteiger partial charge on any atom is -0.484 e. The summed E-state index contributed by atoms with van der Waals surface area (Å²) in [5.41, 5.74) is 4.61. The van der Waals surface area contributed by atoms with Crippen LogP contribution in [0.1, 0.15) is 17.0 Å². The average Bonchev–Trinajstić information content (AvgIpc) is 2.84. The summed E-state index contributed by atoms with van der Waals surface area (Å²) in [6, 6.07) is 8.28. The van der Waals surface area contributed by atoms with E-state index in [0.717, 1.165) is 23.2 Å². The molecule has 0 radical (unpaired) electrons. The molecule has 2 aliphatic carbocycles. The number of ether oxygens (including phenoxy) is 1. The number of benzene rings is 1. The molecule has 3 aliphatic rings. The van der Waals surface area contributed by atoms with Crippen LogP contribution in [0.25, 0.3) is 5.57 Å². The first-order valence-corrected chi connectivity index (χ1v) is 7.07. The molecule has 1 aromatic rings. The highest BCUT2D eigenvalue weighted by Gasteiger charge is 2.35. The molecule has 0 saturated carbocycles. The van der Waals surface area contributed by atoms with E-state index in [2.05, 4.69) is 30.4 Å². The second kappa shape index (κ2) is 4.74. The van der Waals surface area contributed by atoms with Gasteiger partial charge in [-0.2, -0.15) is 0 Å². The maximum Gasteiger partial charge on any atom is 0.142 e. The Balaban J connectivity index is 1.90. The summed E-state index contributed by atoms with van der Waals surface area (Å²) in [6.07, 6.45) is 14.6. The predicted molar refractivity (Wildman–Crippen MR) is 82.5 cm³/mol. The Kier molecular flexibility index (Phi) is 2.74. The Morgan fingerprint density at radius 2 is 2.05 bits per heavy atom. The lowest BCUT2D eigenvalue weighted by atomic mass is 9.91. The van der Waals surface area contributed by atoms with Crippen molar-refractivity contribution in [2.75, 3.05) is 0 Å². The average molecular weight is 274 g/mol. The molecule has 0 fully saturated rings. The molecule has 0 aromatic heterocycles. The van der Waals surface area contributed by atoms with Crippen LogP contribution in [0.3, 0.4) is 0 Å². The van der Waals surface area contributed by atoms with Gasteiger partial charge >= 0.3 is 0 Å². The van der Waals surface area contributed by atoms with Gasteiger partial charge in [-0.25, -0.2) is 0 Å². The molecule has 0 spiro atoms. The van der Waals surface area contributed by atoms with E-state index >= 15 is 0 Å². The highest BCUT2D eigenvalue weighted by Crippen LogP contribution is 2.48. The summed E-state index contributed by atoms with van der Waals surface area (Å²) in [6.45, 7) is 0. The van der Waals surface area contributed by atoms with Crippen LogP contribution in [0.2, 0.25) is 0 Å². The third kappa shape index (κ3) is 1.83. The summed E-state index contributed by atoms with van der Waals surface area (Å²) < 4.78 is 6.21. The van der Waals surface area contributed by atoms with Gasteiger partial charge in [0.1, 0.15) is 18.1 Å². The van der Waals surface area contributed by atoms with Crippen molar-refractivity contribution in [3.8, 4) is 0 Å². The number of carbonyl (C=O) groups is 1. The van der Waals surface area contributed by atoms with E-state index in [0.29, 0.717) is 0 Å². The van der Waals surface area contributed by atoms with Crippen LogP contribution in [0.5, 0.6) is 0 Å². The Hall–Kier alpha value is -2.61. The number of carbonyl (C=O) groups excluding carboxylic acids is 1. The van der Waals surface area contributed by atoms with Gasteiger partial charge in [-0.15, -0.1) is 0 Å². The Morgan fingerprint density at radius 1 is 1.14 bits per heavy atom. The molecule has 4 rings (SSSR count). The van der Waals surface area contributed by atoms with E-state index in [9.17, 15) is 4.79 Å². The molecule has 2 nitrogen and oxygen atoms in total. The summed E-state index contributed by atoms with van der Waals surface area (Å²) in [5, 5.41) is 0. The maximum atomic E-state index is 10.7. The molecular weight excluding hydrogens is 260 g/mol. The smallest absolute Gasteiger partial charge is 0.142 e. The zero-order valence-electron chi connectivity index (χ0n) is 11.4. The van der Waals surface area contributed by atoms with Gasteiger partial charge in [0.15, 0.2) is 0 Å². The lowest BCUT2D eigenvalue weighted by Crippen LogP contribution is -2.20. The van der Waals surface area contributed by atoms with Crippen LogP contribution >= 0.6 is 0 Å². The monoisotopic (exact) mass is 274 g/mol. The van der Waals surface area contributed by atoms with Crippen LogP contribution in [-0.2, 0) is 9.53 Å². The molecule has 0 saturated heterocycles. The van der Waals surface area contributed by atoms with Crippen molar-refractivity contribution in [2.45, 2.75) is 12.0 Å². The largest absolute Gasteiger partial charge is 0.484 e. The fourth-order valence-electron chi connectivity index (χ4n) is 3.19. The van der Waals surface area contributed by atoms with Crippen LogP contribution in [0, 0.1) is 0 Å². The van der Waals surface area contributed by atoms with Gasteiger partial charge in [-0.3, -0.25) is 4.79 Å². The molecule has 0 bridgehead atoms. The molecule has 1 heterocycles. The number of hydrogen-bond acceptors (Lipinski definition) is 2. The Bertz CT molecular complexity index is 760. The molecule has 2 atom stereocenters. The van der Waals surface area contributed by atoms with Crippen molar-refractivity contribution in [3.63, 3.8) is 0 Å². The Morgan fingerprint density at radius 3 is 2.95 bits per heavy atom. The van der Waals surface area contributed by atoms with Crippen molar-refractivity contribution < 1.29 is 9.53 Å². The molecule has 21 heavy (non-hydrogen) atoms. The highest BCUT2D eigenvalue weighted by atomic mass is 16.5. The SMILES string of the molecule is O=C/C=C/C1=C2O[C@@H]3C=CC=CC3=C[C@H]2c2ccccc21. The highest BCUT2D eigenvalue weighted by molar-refractivity contribution is 5.87. The first-order valence-electron chi connectivity index (χ1n) is 7.07. The number of aldehydes is 1. The van der Waals surface area contributed by atoms with Crippen LogP contribution < -0.4 is 0 Å². The molecule has 1 aromatic carbocycles. The van der Waals surface area contributed by atoms with Gasteiger partial charge in [-0.05, 0) is 34.9 Å². The minimum absolute atomic E-state index is 0.0183. The minimum atomic E-state index is -0.0183. The van der Waals surface area contributed by atoms with Crippen molar-refractivity contribution in [1.82, 2.24) is 0 Å². The van der Waals surface area contributed by atoms with E-state index in [1.807, 2.05) is 30.4 Å². The van der Waals surface area contributed by atoms with E-state index in [4.69, 9.17) is 4.74 Å². The molecule has 2 heteroatoms. The van der Waals surface area contributed by atoms with Crippen molar-refractivity contribution in [3.05, 3.63) is 89.3 Å². The molecular formula is C19H14O2. The number of rotatable bonds is 2. The quantitative estimate of drug-likeness (QED) is 0.607. The zero-order valence-corrected chi connectivity index (χ0v) is 11.4. The summed E-state index contributed by atoms with van der Waals surface area (Å²) >= 11 is 0. The van der Waals surface area contributed by atoms with Gasteiger partial charge in [-0.1, -0.05) is 48.6 Å². The lowest BCUT2D eigenvalue weighted by Gasteiger charge is -2.29. The van der Waals surface area contributed by atoms with E-state index in [1.54, 1.807) is 0 Å². The van der Waals surface area contributed by atoms with E-state index in [-0.39, 0.29) is 12.0 Å². The summed E-state index contributed by atoms with van der Waals surface area (Å²) in [5.74, 6) is 1.10. The Labute approximate surface area is 123 Å². The molecule has 0 N–H and O–H groups in total. The molecule has 0 unspecified atom stereocenters. The second-order valence-corrected chi connectivity index (χ2v) is 5.29. The van der Waals surface area contributed by atoms with Crippen molar-refractivity contribution in [2.24, 2.45) is 0 Å². The molecule has 1 aliphatic heterocycles. The first-order chi connectivity index (χ1) is 10.4. The van der Waals surface area contributed by atoms with Crippen LogP contribution in [-0.4, -0.2) is 12.4 Å². The van der Waals surface area contributed by atoms with E-state index in [1.165, 1.54) is 17.2 Å². The third-order valence-electron chi connectivity index (χ3n) is 4.10. The standard InChI is InChI=1S/C19H14O2/c20-11-5-9-16-14-7-2-3-8-15(14)17-12-13-6-1-4-10-18(13)21-19(16)17/h1-12,17-18H/b9-5+/t17-,18+/m0/s1. The fraction of sp³-hybridized carbons (Fsp3) is 0.105. The van der Waals surface area contributed by atoms with Crippen molar-refractivity contribution in [1.29, 1.82) is 0 Å². The maximum absolute atomic E-state index is 10.7. The van der Waals surface area contributed by atoms with Gasteiger partial charge in [0.25, 0.3) is 0 Å². The van der Waals surface area contributed by atoms with Crippen molar-refractivity contribution >= 4 is 11.9 Å². The molecule has 0 amide bonds. The zero-order chi connectivity index (χ0) is 14.2. The van der Waals surface area contributed by atoms with Gasteiger partial charge in [0, 0.05) is 5.57 Å². The van der Waals surface area contributed by atoms with Crippen LogP contribution in [0.4, 0.5) is 0 Å². The summed E-state index contributed by atoms with van der Waals surface area (Å²) in [4.78, 5) is 10.7. The van der Waals surface area contributed by atoms with Gasteiger partial charge in [0.2, 0.25) is 0 Å². The summed E-state index contributed by atoms with van der Waals surface area (Å²) in [7, 11) is 0. The number of fused-ring (bicyclic) bond motifs is 4. The van der Waals surface area contributed by atoms with E-state index < -0.39 is 0 Å². The lowest BCUT2D eigenvalue weighted by molar-refractivity contribution is -0.104. The topological polar surface area (TPSA) is 26.3 Å². The van der Waals surface area contributed by atoms with Gasteiger partial charge in [0.05, 0.1) is 5.92 Å². The normalized spacial score (nSPS) is 25.2. The van der Waals surface area contributed by atoms with Gasteiger partial charge < -0.3 is 4.74 Å². The predicted octanol–water partition coefficient (Wildman–Crippen LogP) is 3.70. The fourth-order valence-corrected chi connectivity index (χ4v) is 3.19. The third-order valence-corrected chi connectivity index (χ3v) is 4.10. The molecule has 102 valence electrons.